The summed E-state index contributed by atoms with van der Waals surface area (Å²) in [6.07, 6.45) is 0.591. The summed E-state index contributed by atoms with van der Waals surface area (Å²) in [5, 5.41) is 24.5. The molecule has 2 aromatic rings. The minimum absolute atomic E-state index is 0.0284. The highest BCUT2D eigenvalue weighted by atomic mass is 16.5. The molecule has 32 heavy (non-hydrogen) atoms. The molecule has 0 fully saturated rings. The van der Waals surface area contributed by atoms with Crippen molar-refractivity contribution >= 4 is 11.9 Å². The molecule has 1 amide bonds. The van der Waals surface area contributed by atoms with Crippen molar-refractivity contribution in [1.29, 1.82) is 0 Å². The summed E-state index contributed by atoms with van der Waals surface area (Å²) in [5.74, 6) is -2.01. The van der Waals surface area contributed by atoms with E-state index in [-0.39, 0.29) is 22.3 Å². The average molecular weight is 445 g/mol. The second kappa shape index (κ2) is 10.3. The van der Waals surface area contributed by atoms with Gasteiger partial charge in [0.1, 0.15) is 12.1 Å². The molecular weight excluding hydrogens is 412 g/mol. The number of carbonyl (C=O) groups is 2. The van der Waals surface area contributed by atoms with E-state index in [0.29, 0.717) is 0 Å². The number of esters is 1. The van der Waals surface area contributed by atoms with Gasteiger partial charge >= 0.3 is 17.6 Å². The van der Waals surface area contributed by atoms with E-state index in [1.807, 2.05) is 26.8 Å². The molecule has 0 radical (unpaired) electrons. The van der Waals surface area contributed by atoms with Crippen molar-refractivity contribution in [2.24, 2.45) is 5.92 Å². The molecule has 0 saturated heterocycles. The van der Waals surface area contributed by atoms with Crippen molar-refractivity contribution in [3.8, 4) is 11.5 Å². The first-order valence-corrected chi connectivity index (χ1v) is 10.6. The van der Waals surface area contributed by atoms with Crippen molar-refractivity contribution in [2.45, 2.75) is 59.6 Å². The molecule has 3 unspecified atom stereocenters. The zero-order chi connectivity index (χ0) is 24.2. The lowest BCUT2D eigenvalue weighted by atomic mass is 9.82. The summed E-state index contributed by atoms with van der Waals surface area (Å²) in [5.41, 5.74) is 2.83. The van der Waals surface area contributed by atoms with Gasteiger partial charge in [-0.1, -0.05) is 37.6 Å². The second-order valence-corrected chi connectivity index (χ2v) is 8.37. The zero-order valence-electron chi connectivity index (χ0n) is 19.6. The molecule has 8 nitrogen and oxygen atoms in total. The van der Waals surface area contributed by atoms with Gasteiger partial charge in [-0.15, -0.1) is 0 Å². The zero-order valence-corrected chi connectivity index (χ0v) is 19.6. The van der Waals surface area contributed by atoms with E-state index in [1.165, 1.54) is 20.1 Å². The van der Waals surface area contributed by atoms with E-state index < -0.39 is 35.5 Å². The van der Waals surface area contributed by atoms with Crippen molar-refractivity contribution < 1.29 is 28.9 Å². The van der Waals surface area contributed by atoms with Gasteiger partial charge in [-0.2, -0.15) is 4.73 Å². The highest BCUT2D eigenvalue weighted by Gasteiger charge is 2.31. The van der Waals surface area contributed by atoms with Crippen molar-refractivity contribution in [3.63, 3.8) is 0 Å². The Morgan fingerprint density at radius 1 is 1.12 bits per heavy atom. The third-order valence-corrected chi connectivity index (χ3v) is 5.49. The minimum atomic E-state index is -1.04. The summed E-state index contributed by atoms with van der Waals surface area (Å²) >= 11 is 0. The van der Waals surface area contributed by atoms with Gasteiger partial charge in [0.2, 0.25) is 5.75 Å². The Labute approximate surface area is 188 Å². The Bertz CT molecular complexity index is 989. The third kappa shape index (κ3) is 5.49. The first kappa shape index (κ1) is 25.0. The van der Waals surface area contributed by atoms with E-state index in [9.17, 15) is 19.9 Å². The third-order valence-electron chi connectivity index (χ3n) is 5.49. The van der Waals surface area contributed by atoms with Gasteiger partial charge in [-0.25, -0.2) is 4.79 Å². The Morgan fingerprint density at radius 2 is 1.78 bits per heavy atom. The van der Waals surface area contributed by atoms with Crippen LogP contribution in [0.4, 0.5) is 0 Å². The molecule has 3 atom stereocenters. The van der Waals surface area contributed by atoms with Gasteiger partial charge in [0.25, 0.3) is 0 Å². The van der Waals surface area contributed by atoms with Gasteiger partial charge in [-0.05, 0) is 44.7 Å². The van der Waals surface area contributed by atoms with Crippen LogP contribution in [0.2, 0.25) is 0 Å². The average Bonchev–Trinajstić information content (AvgIpc) is 2.69. The van der Waals surface area contributed by atoms with Crippen LogP contribution in [0, 0.1) is 25.0 Å². The lowest BCUT2D eigenvalue weighted by molar-refractivity contribution is -0.608. The molecule has 1 aromatic carbocycles. The standard InChI is InChI=1S/C24H32N2O6/c1-13(2)20(18-9-8-14(3)12-15(18)4)17(6)32-24(29)16(5)25-23(28)21-22(27)19(31-7)10-11-26(21)30/h8-13,16-17,20,27H,1-7H3,(H,25,28). The number of nitrogens with zero attached hydrogens (tertiary/aromatic N) is 1. The largest absolute Gasteiger partial charge is 0.618 e. The highest BCUT2D eigenvalue weighted by Crippen LogP contribution is 2.32. The topological polar surface area (TPSA) is 112 Å². The lowest BCUT2D eigenvalue weighted by Crippen LogP contribution is -2.46. The fraction of sp³-hybridized carbons (Fsp3) is 0.458. The van der Waals surface area contributed by atoms with Gasteiger partial charge in [0.15, 0.2) is 11.9 Å². The summed E-state index contributed by atoms with van der Waals surface area (Å²) in [7, 11) is 1.30. The fourth-order valence-electron chi connectivity index (χ4n) is 3.92. The quantitative estimate of drug-likeness (QED) is 0.368. The van der Waals surface area contributed by atoms with E-state index >= 15 is 0 Å². The monoisotopic (exact) mass is 444 g/mol. The fourth-order valence-corrected chi connectivity index (χ4v) is 3.92. The lowest BCUT2D eigenvalue weighted by Gasteiger charge is -2.30. The molecule has 0 aliphatic carbocycles. The van der Waals surface area contributed by atoms with Crippen LogP contribution in [-0.2, 0) is 9.53 Å². The van der Waals surface area contributed by atoms with Gasteiger partial charge in [-0.3, -0.25) is 4.79 Å². The number of nitrogens with one attached hydrogen (secondary N) is 1. The van der Waals surface area contributed by atoms with Crippen LogP contribution in [0.1, 0.15) is 60.8 Å². The molecule has 2 rings (SSSR count). The van der Waals surface area contributed by atoms with Crippen molar-refractivity contribution in [2.75, 3.05) is 7.11 Å². The number of amides is 1. The number of benzene rings is 1. The van der Waals surface area contributed by atoms with Crippen LogP contribution < -0.4 is 14.8 Å². The Hall–Kier alpha value is -3.29. The summed E-state index contributed by atoms with van der Waals surface area (Å²) in [4.78, 5) is 25.2. The normalized spacial score (nSPS) is 13.9. The smallest absolute Gasteiger partial charge is 0.328 e. The van der Waals surface area contributed by atoms with Crippen LogP contribution in [0.15, 0.2) is 30.5 Å². The highest BCUT2D eigenvalue weighted by molar-refractivity contribution is 5.96. The number of aromatic hydroxyl groups is 1. The number of rotatable bonds is 8. The predicted molar refractivity (Wildman–Crippen MR) is 120 cm³/mol. The maximum atomic E-state index is 12.7. The SMILES string of the molecule is COc1cc[n+]([O-])c(C(=O)NC(C)C(=O)OC(C)C(c2ccc(C)cc2C)C(C)C)c1O. The number of pyridine rings is 1. The van der Waals surface area contributed by atoms with E-state index in [4.69, 9.17) is 9.47 Å². The number of carbonyl (C=O) groups excluding carboxylic acids is 2. The predicted octanol–water partition coefficient (Wildman–Crippen LogP) is 3.14. The summed E-state index contributed by atoms with van der Waals surface area (Å²) in [6.45, 7) is 11.5. The van der Waals surface area contributed by atoms with Gasteiger partial charge in [0.05, 0.1) is 7.11 Å². The Morgan fingerprint density at radius 3 is 2.34 bits per heavy atom. The molecule has 0 aliphatic heterocycles. The van der Waals surface area contributed by atoms with Crippen molar-refractivity contribution in [1.82, 2.24) is 5.32 Å². The maximum Gasteiger partial charge on any atom is 0.328 e. The first-order valence-electron chi connectivity index (χ1n) is 10.6. The molecule has 2 N–H and O–H groups in total. The molecule has 174 valence electrons. The number of aromatic nitrogens is 1. The number of methoxy groups -OCH3 is 1. The Kier molecular flexibility index (Phi) is 8.08. The van der Waals surface area contributed by atoms with Gasteiger partial charge < -0.3 is 25.1 Å². The molecule has 1 aromatic heterocycles. The minimum Gasteiger partial charge on any atom is -0.618 e. The summed E-state index contributed by atoms with van der Waals surface area (Å²) in [6, 6.07) is 6.39. The Balaban J connectivity index is 2.15. The van der Waals surface area contributed by atoms with Crippen LogP contribution in [0.3, 0.4) is 0 Å². The number of hydrogen-bond donors (Lipinski definition) is 2. The molecule has 8 heteroatoms. The van der Waals surface area contributed by atoms with E-state index in [2.05, 4.69) is 31.3 Å². The van der Waals surface area contributed by atoms with Crippen molar-refractivity contribution in [3.05, 3.63) is 58.1 Å². The second-order valence-electron chi connectivity index (χ2n) is 8.37. The van der Waals surface area contributed by atoms with Crippen LogP contribution >= 0.6 is 0 Å². The number of aryl methyl sites for hydroxylation is 2. The molecule has 0 spiro atoms. The van der Waals surface area contributed by atoms with Crippen LogP contribution in [0.5, 0.6) is 11.5 Å². The van der Waals surface area contributed by atoms with E-state index in [0.717, 1.165) is 22.9 Å². The summed E-state index contributed by atoms with van der Waals surface area (Å²) < 4.78 is 10.8. The molecule has 0 saturated carbocycles. The molecule has 1 heterocycles. The van der Waals surface area contributed by atoms with Crippen LogP contribution in [-0.4, -0.2) is 36.2 Å². The molecular formula is C24H32N2O6. The maximum absolute atomic E-state index is 12.7. The van der Waals surface area contributed by atoms with Gasteiger partial charge in [0, 0.05) is 12.0 Å². The van der Waals surface area contributed by atoms with E-state index in [1.54, 1.807) is 0 Å². The molecule has 0 aliphatic rings. The molecule has 0 bridgehead atoms. The first-order chi connectivity index (χ1) is 15.0. The van der Waals surface area contributed by atoms with Crippen LogP contribution in [0.25, 0.3) is 0 Å². The number of ether oxygens (including phenoxy) is 2. The number of hydrogen-bond acceptors (Lipinski definition) is 6.